The number of aromatic nitrogens is 1. The molecule has 1 aromatic rings. The summed E-state index contributed by atoms with van der Waals surface area (Å²) >= 11 is 0. The smallest absolute Gasteiger partial charge is 0.236 e. The fourth-order valence-electron chi connectivity index (χ4n) is 1.83. The number of nitrogens with one attached hydrogen (secondary N) is 1. The fourth-order valence-corrected chi connectivity index (χ4v) is 1.83. The number of pyridine rings is 1. The summed E-state index contributed by atoms with van der Waals surface area (Å²) in [6.45, 7) is 4.26. The maximum absolute atomic E-state index is 11.8. The van der Waals surface area contributed by atoms with E-state index in [0.717, 1.165) is 25.3 Å². The van der Waals surface area contributed by atoms with Crippen LogP contribution in [-0.4, -0.2) is 54.9 Å². The van der Waals surface area contributed by atoms with E-state index < -0.39 is 0 Å². The van der Waals surface area contributed by atoms with Crippen LogP contribution in [0.25, 0.3) is 0 Å². The lowest BCUT2D eigenvalue weighted by Gasteiger charge is -2.23. The van der Waals surface area contributed by atoms with Gasteiger partial charge in [0.25, 0.3) is 0 Å². The van der Waals surface area contributed by atoms with Crippen LogP contribution in [0.3, 0.4) is 0 Å². The van der Waals surface area contributed by atoms with Gasteiger partial charge in [-0.2, -0.15) is 0 Å². The van der Waals surface area contributed by atoms with Crippen molar-refractivity contribution in [3.63, 3.8) is 0 Å². The molecule has 106 valence electrons. The Labute approximate surface area is 115 Å². The second-order valence-corrected chi connectivity index (χ2v) is 4.80. The van der Waals surface area contributed by atoms with E-state index in [2.05, 4.69) is 22.1 Å². The lowest BCUT2D eigenvalue weighted by Crippen LogP contribution is -2.36. The minimum absolute atomic E-state index is 0.136. The van der Waals surface area contributed by atoms with Gasteiger partial charge in [0.05, 0.1) is 6.54 Å². The van der Waals surface area contributed by atoms with Gasteiger partial charge in [0, 0.05) is 33.9 Å². The first-order chi connectivity index (χ1) is 9.06. The molecule has 0 unspecified atom stereocenters. The molecule has 1 rings (SSSR count). The molecule has 0 bridgehead atoms. The third-order valence-corrected chi connectivity index (χ3v) is 2.88. The molecule has 0 aliphatic rings. The van der Waals surface area contributed by atoms with E-state index in [4.69, 9.17) is 0 Å². The molecule has 0 atom stereocenters. The first-order valence-corrected chi connectivity index (χ1v) is 6.62. The van der Waals surface area contributed by atoms with E-state index in [-0.39, 0.29) is 5.91 Å². The van der Waals surface area contributed by atoms with E-state index >= 15 is 0 Å². The molecule has 0 aromatic carbocycles. The van der Waals surface area contributed by atoms with Crippen molar-refractivity contribution in [2.45, 2.75) is 19.9 Å². The molecule has 1 aromatic heterocycles. The lowest BCUT2D eigenvalue weighted by molar-refractivity contribution is -0.130. The highest BCUT2D eigenvalue weighted by atomic mass is 16.2. The van der Waals surface area contributed by atoms with Crippen molar-refractivity contribution in [2.75, 3.05) is 39.5 Å². The van der Waals surface area contributed by atoms with E-state index in [9.17, 15) is 4.79 Å². The van der Waals surface area contributed by atoms with Gasteiger partial charge in [-0.1, -0.05) is 6.92 Å². The molecule has 0 aliphatic carbocycles. The van der Waals surface area contributed by atoms with Gasteiger partial charge in [-0.05, 0) is 30.7 Å². The van der Waals surface area contributed by atoms with Gasteiger partial charge in [0.2, 0.25) is 5.91 Å². The Morgan fingerprint density at radius 3 is 2.74 bits per heavy atom. The average Bonchev–Trinajstić information content (AvgIpc) is 2.39. The largest absolute Gasteiger partial charge is 0.373 e. The van der Waals surface area contributed by atoms with Crippen molar-refractivity contribution in [1.82, 2.24) is 14.8 Å². The number of likely N-dealkylation sites (N-methyl/N-ethyl adjacent to an activating group) is 1. The zero-order valence-electron chi connectivity index (χ0n) is 12.3. The van der Waals surface area contributed by atoms with Crippen molar-refractivity contribution in [3.8, 4) is 0 Å². The highest BCUT2D eigenvalue weighted by Gasteiger charge is 2.12. The SMILES string of the molecule is CCCN(CC(=O)N(C)C)Cc1ccnc(NC)c1. The molecule has 0 saturated heterocycles. The standard InChI is InChI=1S/C14H24N4O/c1-5-8-18(11-14(19)17(3)4)10-12-6-7-16-13(9-12)15-2/h6-7,9H,5,8,10-11H2,1-4H3,(H,15,16). The Hall–Kier alpha value is -1.62. The molecule has 0 aliphatic heterocycles. The van der Waals surface area contributed by atoms with Crippen LogP contribution in [0, 0.1) is 0 Å². The summed E-state index contributed by atoms with van der Waals surface area (Å²) in [4.78, 5) is 19.8. The van der Waals surface area contributed by atoms with Gasteiger partial charge >= 0.3 is 0 Å². The predicted molar refractivity (Wildman–Crippen MR) is 78.0 cm³/mol. The first-order valence-electron chi connectivity index (χ1n) is 6.62. The molecule has 0 saturated carbocycles. The van der Waals surface area contributed by atoms with Crippen LogP contribution < -0.4 is 5.32 Å². The summed E-state index contributed by atoms with van der Waals surface area (Å²) in [6, 6.07) is 4.01. The predicted octanol–water partition coefficient (Wildman–Crippen LogP) is 1.42. The summed E-state index contributed by atoms with van der Waals surface area (Å²) in [5, 5.41) is 3.03. The summed E-state index contributed by atoms with van der Waals surface area (Å²) < 4.78 is 0. The van der Waals surface area contributed by atoms with Crippen LogP contribution in [0.4, 0.5) is 5.82 Å². The Kier molecular flexibility index (Phi) is 6.29. The summed E-state index contributed by atoms with van der Waals surface area (Å²) in [5.74, 6) is 0.990. The number of anilines is 1. The summed E-state index contributed by atoms with van der Waals surface area (Å²) in [6.07, 6.45) is 2.82. The van der Waals surface area contributed by atoms with E-state index in [1.165, 1.54) is 5.56 Å². The molecule has 0 spiro atoms. The zero-order valence-corrected chi connectivity index (χ0v) is 12.3. The number of amides is 1. The van der Waals surface area contributed by atoms with Gasteiger partial charge < -0.3 is 10.2 Å². The molecule has 1 amide bonds. The van der Waals surface area contributed by atoms with Crippen LogP contribution in [0.1, 0.15) is 18.9 Å². The molecular formula is C14H24N4O. The van der Waals surface area contributed by atoms with Crippen molar-refractivity contribution in [3.05, 3.63) is 23.9 Å². The highest BCUT2D eigenvalue weighted by Crippen LogP contribution is 2.09. The van der Waals surface area contributed by atoms with E-state index in [0.29, 0.717) is 6.54 Å². The van der Waals surface area contributed by atoms with Gasteiger partial charge in [0.15, 0.2) is 0 Å². The third-order valence-electron chi connectivity index (χ3n) is 2.88. The molecule has 0 radical (unpaired) electrons. The number of hydrogen-bond donors (Lipinski definition) is 1. The maximum atomic E-state index is 11.8. The van der Waals surface area contributed by atoms with Crippen molar-refractivity contribution < 1.29 is 4.79 Å². The minimum Gasteiger partial charge on any atom is -0.373 e. The molecular weight excluding hydrogens is 240 g/mol. The second-order valence-electron chi connectivity index (χ2n) is 4.80. The lowest BCUT2D eigenvalue weighted by atomic mass is 10.2. The number of carbonyl (C=O) groups excluding carboxylic acids is 1. The van der Waals surface area contributed by atoms with Crippen molar-refractivity contribution >= 4 is 11.7 Å². The molecule has 19 heavy (non-hydrogen) atoms. The van der Waals surface area contributed by atoms with Crippen LogP contribution >= 0.6 is 0 Å². The summed E-state index contributed by atoms with van der Waals surface area (Å²) in [7, 11) is 5.43. The quantitative estimate of drug-likeness (QED) is 0.809. The molecule has 5 nitrogen and oxygen atoms in total. The second kappa shape index (κ2) is 7.74. The van der Waals surface area contributed by atoms with Gasteiger partial charge in [-0.25, -0.2) is 4.98 Å². The van der Waals surface area contributed by atoms with E-state index in [1.54, 1.807) is 25.2 Å². The van der Waals surface area contributed by atoms with Crippen LogP contribution in [0.15, 0.2) is 18.3 Å². The first kappa shape index (κ1) is 15.4. The number of carbonyl (C=O) groups is 1. The number of nitrogens with zero attached hydrogens (tertiary/aromatic N) is 3. The van der Waals surface area contributed by atoms with Crippen LogP contribution in [-0.2, 0) is 11.3 Å². The monoisotopic (exact) mass is 264 g/mol. The number of rotatable bonds is 7. The third kappa shape index (κ3) is 5.26. The summed E-state index contributed by atoms with van der Waals surface area (Å²) in [5.41, 5.74) is 1.17. The Morgan fingerprint density at radius 1 is 1.42 bits per heavy atom. The molecule has 0 fully saturated rings. The normalized spacial score (nSPS) is 10.6. The van der Waals surface area contributed by atoms with Gasteiger partial charge in [0.1, 0.15) is 5.82 Å². The molecule has 5 heteroatoms. The van der Waals surface area contributed by atoms with E-state index in [1.807, 2.05) is 19.2 Å². The number of hydrogen-bond acceptors (Lipinski definition) is 4. The van der Waals surface area contributed by atoms with Crippen LogP contribution in [0.5, 0.6) is 0 Å². The minimum atomic E-state index is 0.136. The van der Waals surface area contributed by atoms with Crippen molar-refractivity contribution in [2.24, 2.45) is 0 Å². The molecule has 1 N–H and O–H groups in total. The molecule has 1 heterocycles. The highest BCUT2D eigenvalue weighted by molar-refractivity contribution is 5.77. The fraction of sp³-hybridized carbons (Fsp3) is 0.571. The topological polar surface area (TPSA) is 48.5 Å². The average molecular weight is 264 g/mol. The Balaban J connectivity index is 2.68. The maximum Gasteiger partial charge on any atom is 0.236 e. The zero-order chi connectivity index (χ0) is 14.3. The van der Waals surface area contributed by atoms with Gasteiger partial charge in [-0.3, -0.25) is 9.69 Å². The van der Waals surface area contributed by atoms with Crippen molar-refractivity contribution in [1.29, 1.82) is 0 Å². The van der Waals surface area contributed by atoms with Gasteiger partial charge in [-0.15, -0.1) is 0 Å². The Morgan fingerprint density at radius 2 is 2.16 bits per heavy atom. The van der Waals surface area contributed by atoms with Crippen LogP contribution in [0.2, 0.25) is 0 Å². The Bertz CT molecular complexity index is 406.